The number of fused-ring (bicyclic) bond motifs is 1. The molecule has 7 heteroatoms. The third-order valence-corrected chi connectivity index (χ3v) is 4.72. The predicted octanol–water partition coefficient (Wildman–Crippen LogP) is 3.38. The Morgan fingerprint density at radius 2 is 1.44 bits per heavy atom. The molecule has 0 unspecified atom stereocenters. The fraction of sp³-hybridized carbons (Fsp3) is 0.100. The first-order valence-corrected chi connectivity index (χ1v) is 8.68. The van der Waals surface area contributed by atoms with Gasteiger partial charge in [-0.05, 0) is 17.7 Å². The number of para-hydroxylation sites is 1. The van der Waals surface area contributed by atoms with Crippen LogP contribution in [0.1, 0.15) is 11.1 Å². The number of amides is 4. The van der Waals surface area contributed by atoms with E-state index in [1.165, 1.54) is 0 Å². The Balaban J connectivity index is 1.61. The maximum atomic E-state index is 12.7. The lowest BCUT2D eigenvalue weighted by molar-refractivity contribution is -0.143. The molecule has 0 N–H and O–H groups in total. The number of aromatic nitrogens is 1. The second-order valence-electron chi connectivity index (χ2n) is 6.18. The monoisotopic (exact) mass is 379 g/mol. The van der Waals surface area contributed by atoms with Crippen molar-refractivity contribution in [1.82, 2.24) is 14.8 Å². The Labute approximate surface area is 160 Å². The van der Waals surface area contributed by atoms with Gasteiger partial charge in [-0.15, -0.1) is 0 Å². The molecule has 1 saturated heterocycles. The van der Waals surface area contributed by atoms with Crippen molar-refractivity contribution in [2.75, 3.05) is 0 Å². The zero-order chi connectivity index (χ0) is 19.0. The fourth-order valence-electron chi connectivity index (χ4n) is 3.01. The Bertz CT molecular complexity index is 1070. The minimum atomic E-state index is -0.861. The molecule has 6 nitrogen and oxygen atoms in total. The van der Waals surface area contributed by atoms with Gasteiger partial charge in [0.1, 0.15) is 5.15 Å². The lowest BCUT2D eigenvalue weighted by Gasteiger charge is -2.16. The lowest BCUT2D eigenvalue weighted by Crippen LogP contribution is -2.32. The van der Waals surface area contributed by atoms with Crippen molar-refractivity contribution in [1.29, 1.82) is 0 Å². The van der Waals surface area contributed by atoms with E-state index in [1.807, 2.05) is 30.3 Å². The number of halogens is 1. The van der Waals surface area contributed by atoms with Gasteiger partial charge in [0, 0.05) is 10.9 Å². The molecule has 2 aromatic carbocycles. The highest BCUT2D eigenvalue weighted by atomic mass is 35.5. The van der Waals surface area contributed by atoms with E-state index in [0.29, 0.717) is 11.1 Å². The third kappa shape index (κ3) is 3.15. The van der Waals surface area contributed by atoms with Crippen LogP contribution in [0.3, 0.4) is 0 Å². The normalized spacial score (nSPS) is 14.5. The van der Waals surface area contributed by atoms with Crippen molar-refractivity contribution in [3.8, 4) is 0 Å². The topological polar surface area (TPSA) is 70.6 Å². The second-order valence-corrected chi connectivity index (χ2v) is 6.54. The molecule has 0 radical (unpaired) electrons. The first kappa shape index (κ1) is 17.2. The van der Waals surface area contributed by atoms with Crippen LogP contribution >= 0.6 is 11.6 Å². The number of pyridine rings is 1. The molecule has 0 bridgehead atoms. The van der Waals surface area contributed by atoms with Gasteiger partial charge in [-0.2, -0.15) is 0 Å². The predicted molar refractivity (Wildman–Crippen MR) is 99.7 cm³/mol. The number of carbonyl (C=O) groups is 3. The molecule has 4 amide bonds. The van der Waals surface area contributed by atoms with E-state index in [1.54, 1.807) is 30.3 Å². The molecule has 3 aromatic rings. The van der Waals surface area contributed by atoms with Gasteiger partial charge in [-0.3, -0.25) is 19.4 Å². The third-order valence-electron chi connectivity index (χ3n) is 4.40. The average Bonchev–Trinajstić information content (AvgIpc) is 2.87. The highest BCUT2D eigenvalue weighted by Gasteiger charge is 2.44. The van der Waals surface area contributed by atoms with Crippen molar-refractivity contribution in [3.05, 3.63) is 76.9 Å². The summed E-state index contributed by atoms with van der Waals surface area (Å²) in [5.41, 5.74) is 1.98. The van der Waals surface area contributed by atoms with Crippen LogP contribution in [-0.2, 0) is 22.7 Å². The standard InChI is InChI=1S/C20H14ClN3O3/c21-17-15(10-14-8-4-5-9-16(14)22-17)12-24-19(26)18(25)23(20(24)27)11-13-6-2-1-3-7-13/h1-10H,11-12H2. The Morgan fingerprint density at radius 3 is 2.19 bits per heavy atom. The minimum Gasteiger partial charge on any atom is -0.263 e. The van der Waals surface area contributed by atoms with Crippen molar-refractivity contribution < 1.29 is 14.4 Å². The van der Waals surface area contributed by atoms with Gasteiger partial charge in [0.15, 0.2) is 0 Å². The quantitative estimate of drug-likeness (QED) is 0.396. The molecule has 4 rings (SSSR count). The number of carbonyl (C=O) groups excluding carboxylic acids is 3. The molecule has 1 aromatic heterocycles. The van der Waals surface area contributed by atoms with E-state index in [0.717, 1.165) is 20.7 Å². The second kappa shape index (κ2) is 6.81. The first-order valence-electron chi connectivity index (χ1n) is 8.30. The summed E-state index contributed by atoms with van der Waals surface area (Å²) in [5, 5.41) is 1.03. The van der Waals surface area contributed by atoms with E-state index >= 15 is 0 Å². The van der Waals surface area contributed by atoms with E-state index in [4.69, 9.17) is 11.6 Å². The number of imide groups is 2. The van der Waals surface area contributed by atoms with Crippen LogP contribution in [0, 0.1) is 0 Å². The lowest BCUT2D eigenvalue weighted by atomic mass is 10.1. The molecule has 0 atom stereocenters. The summed E-state index contributed by atoms with van der Waals surface area (Å²) in [6.45, 7) is -0.0597. The molecule has 2 heterocycles. The summed E-state index contributed by atoms with van der Waals surface area (Å²) in [5.74, 6) is -1.70. The number of nitrogens with zero attached hydrogens (tertiary/aromatic N) is 3. The largest absolute Gasteiger partial charge is 0.334 e. The maximum Gasteiger partial charge on any atom is 0.334 e. The Morgan fingerprint density at radius 1 is 0.815 bits per heavy atom. The Kier molecular flexibility index (Phi) is 4.33. The Hall–Kier alpha value is -3.25. The van der Waals surface area contributed by atoms with Crippen LogP contribution in [0.15, 0.2) is 60.7 Å². The zero-order valence-corrected chi connectivity index (χ0v) is 14.9. The minimum absolute atomic E-state index is 0.0461. The summed E-state index contributed by atoms with van der Waals surface area (Å²) in [6.07, 6.45) is 0. The summed E-state index contributed by atoms with van der Waals surface area (Å²) < 4.78 is 0. The molecule has 0 saturated carbocycles. The SMILES string of the molecule is O=C1C(=O)N(Cc2cc3ccccc3nc2Cl)C(=O)N1Cc1ccccc1. The molecule has 1 aliphatic heterocycles. The van der Waals surface area contributed by atoms with Gasteiger partial charge in [0.25, 0.3) is 0 Å². The van der Waals surface area contributed by atoms with Gasteiger partial charge in [-0.1, -0.05) is 60.1 Å². The smallest absolute Gasteiger partial charge is 0.263 e. The molecule has 27 heavy (non-hydrogen) atoms. The molecule has 1 fully saturated rings. The van der Waals surface area contributed by atoms with E-state index < -0.39 is 17.8 Å². The zero-order valence-electron chi connectivity index (χ0n) is 14.1. The summed E-state index contributed by atoms with van der Waals surface area (Å²) in [4.78, 5) is 43.4. The molecule has 0 spiro atoms. The van der Waals surface area contributed by atoms with Crippen molar-refractivity contribution >= 4 is 40.3 Å². The van der Waals surface area contributed by atoms with Crippen LogP contribution in [-0.4, -0.2) is 32.6 Å². The van der Waals surface area contributed by atoms with Crippen LogP contribution in [0.2, 0.25) is 5.15 Å². The summed E-state index contributed by atoms with van der Waals surface area (Å²) in [7, 11) is 0. The van der Waals surface area contributed by atoms with E-state index in [9.17, 15) is 14.4 Å². The van der Waals surface area contributed by atoms with Crippen LogP contribution in [0.4, 0.5) is 4.79 Å². The van der Waals surface area contributed by atoms with Crippen molar-refractivity contribution in [2.24, 2.45) is 0 Å². The maximum absolute atomic E-state index is 12.7. The van der Waals surface area contributed by atoms with Gasteiger partial charge < -0.3 is 0 Å². The molecule has 0 aliphatic carbocycles. The highest BCUT2D eigenvalue weighted by molar-refractivity contribution is 6.44. The number of benzene rings is 2. The van der Waals surface area contributed by atoms with Crippen LogP contribution in [0.5, 0.6) is 0 Å². The van der Waals surface area contributed by atoms with Crippen molar-refractivity contribution in [2.45, 2.75) is 13.1 Å². The van der Waals surface area contributed by atoms with Gasteiger partial charge in [-0.25, -0.2) is 9.78 Å². The van der Waals surface area contributed by atoms with Gasteiger partial charge in [0.05, 0.1) is 18.6 Å². The average molecular weight is 380 g/mol. The molecular weight excluding hydrogens is 366 g/mol. The van der Waals surface area contributed by atoms with Crippen LogP contribution in [0.25, 0.3) is 10.9 Å². The molecular formula is C20H14ClN3O3. The van der Waals surface area contributed by atoms with Crippen LogP contribution < -0.4 is 0 Å². The van der Waals surface area contributed by atoms with E-state index in [2.05, 4.69) is 4.98 Å². The summed E-state index contributed by atoms with van der Waals surface area (Å²) in [6, 6.07) is 17.5. The number of hydrogen-bond donors (Lipinski definition) is 0. The number of rotatable bonds is 4. The fourth-order valence-corrected chi connectivity index (χ4v) is 3.22. The summed E-state index contributed by atoms with van der Waals surface area (Å²) >= 11 is 6.22. The molecule has 134 valence electrons. The van der Waals surface area contributed by atoms with E-state index in [-0.39, 0.29) is 18.2 Å². The van der Waals surface area contributed by atoms with Gasteiger partial charge in [0.2, 0.25) is 0 Å². The highest BCUT2D eigenvalue weighted by Crippen LogP contribution is 2.24. The number of hydrogen-bond acceptors (Lipinski definition) is 4. The first-order chi connectivity index (χ1) is 13.0. The van der Waals surface area contributed by atoms with Crippen molar-refractivity contribution in [3.63, 3.8) is 0 Å². The van der Waals surface area contributed by atoms with Gasteiger partial charge >= 0.3 is 17.8 Å². The molecule has 1 aliphatic rings. The number of urea groups is 1.